The fourth-order valence-corrected chi connectivity index (χ4v) is 1.42. The van der Waals surface area contributed by atoms with Crippen molar-refractivity contribution in [3.63, 3.8) is 0 Å². The Hall–Kier alpha value is -1.25. The Kier molecular flexibility index (Phi) is 2.94. The molecule has 1 atom stereocenters. The van der Waals surface area contributed by atoms with Crippen molar-refractivity contribution in [3.8, 4) is 0 Å². The van der Waals surface area contributed by atoms with Crippen molar-refractivity contribution in [2.24, 2.45) is 0 Å². The third-order valence-electron chi connectivity index (χ3n) is 2.28. The molecule has 3 nitrogen and oxygen atoms in total. The predicted molar refractivity (Wildman–Crippen MR) is 42.3 cm³/mol. The molecule has 0 fully saturated rings. The van der Waals surface area contributed by atoms with E-state index in [4.69, 9.17) is 0 Å². The lowest BCUT2D eigenvalue weighted by atomic mass is 10.1. The van der Waals surface area contributed by atoms with Crippen LogP contribution in [0.2, 0.25) is 0 Å². The van der Waals surface area contributed by atoms with Gasteiger partial charge in [-0.2, -0.15) is 26.3 Å². The molecular formula is C8H7F6NO2. The van der Waals surface area contributed by atoms with E-state index in [1.54, 1.807) is 0 Å². The molecule has 9 heteroatoms. The molecule has 1 rings (SSSR count). The Morgan fingerprint density at radius 3 is 2.06 bits per heavy atom. The van der Waals surface area contributed by atoms with Crippen LogP contribution in [0, 0.1) is 0 Å². The van der Waals surface area contributed by atoms with Crippen LogP contribution in [-0.2, 0) is 4.79 Å². The number of carbonyl (C=O) groups excluding carboxylic acids is 1. The molecule has 0 aromatic carbocycles. The molecule has 0 aliphatic carbocycles. The molecule has 0 spiro atoms. The summed E-state index contributed by atoms with van der Waals surface area (Å²) >= 11 is 0. The maximum Gasteiger partial charge on any atom is 0.437 e. The maximum atomic E-state index is 12.5. The average Bonchev–Trinajstić information content (AvgIpc) is 2.42. The molecule has 0 saturated heterocycles. The van der Waals surface area contributed by atoms with Crippen LogP contribution in [0.4, 0.5) is 26.3 Å². The first kappa shape index (κ1) is 13.8. The highest BCUT2D eigenvalue weighted by atomic mass is 19.4. The fourth-order valence-electron chi connectivity index (χ4n) is 1.42. The van der Waals surface area contributed by atoms with E-state index in [1.165, 1.54) is 0 Å². The zero-order chi connectivity index (χ0) is 13.6. The molecule has 0 saturated carbocycles. The molecule has 0 radical (unpaired) electrons. The van der Waals surface area contributed by atoms with Gasteiger partial charge in [0.1, 0.15) is 0 Å². The second-order valence-electron chi connectivity index (χ2n) is 3.53. The summed E-state index contributed by atoms with van der Waals surface area (Å²) in [5.74, 6) is -1.33. The normalized spacial score (nSPS) is 26.1. The molecule has 1 aliphatic rings. The van der Waals surface area contributed by atoms with Gasteiger partial charge >= 0.3 is 12.4 Å². The van der Waals surface area contributed by atoms with Crippen LogP contribution in [0.25, 0.3) is 0 Å². The number of aliphatic hydroxyl groups is 1. The highest BCUT2D eigenvalue weighted by Crippen LogP contribution is 2.46. The molecular weight excluding hydrogens is 256 g/mol. The van der Waals surface area contributed by atoms with E-state index in [2.05, 4.69) is 0 Å². The Balaban J connectivity index is 3.20. The van der Waals surface area contributed by atoms with Gasteiger partial charge in [0.25, 0.3) is 0 Å². The quantitative estimate of drug-likeness (QED) is 0.678. The van der Waals surface area contributed by atoms with Gasteiger partial charge in [0.2, 0.25) is 11.6 Å². The third-order valence-corrected chi connectivity index (χ3v) is 2.28. The van der Waals surface area contributed by atoms with Gasteiger partial charge in [-0.3, -0.25) is 9.69 Å². The van der Waals surface area contributed by atoms with E-state index in [0.29, 0.717) is 6.92 Å². The number of rotatable bonds is 0. The van der Waals surface area contributed by atoms with E-state index in [0.717, 1.165) is 0 Å². The molecule has 1 N–H and O–H groups in total. The molecule has 0 aromatic heterocycles. The largest absolute Gasteiger partial charge is 0.437 e. The molecule has 1 unspecified atom stereocenters. The third kappa shape index (κ3) is 2.24. The van der Waals surface area contributed by atoms with Crippen molar-refractivity contribution in [3.05, 3.63) is 11.8 Å². The molecule has 1 aliphatic heterocycles. The summed E-state index contributed by atoms with van der Waals surface area (Å²) < 4.78 is 74.1. The lowest BCUT2D eigenvalue weighted by Gasteiger charge is -2.33. The summed E-state index contributed by atoms with van der Waals surface area (Å²) in [6.07, 6.45) is -12.1. The standard InChI is InChI=1S/C8H7F6NO2/c1-4(16)15-3-5(7(9,10)11)2-6(15,17)8(12,13)14/h3,17H,2H2,1H3. The van der Waals surface area contributed by atoms with Crippen molar-refractivity contribution < 1.29 is 36.2 Å². The van der Waals surface area contributed by atoms with E-state index < -0.39 is 36.0 Å². The monoisotopic (exact) mass is 263 g/mol. The number of halogens is 6. The number of amides is 1. The molecule has 98 valence electrons. The van der Waals surface area contributed by atoms with Gasteiger partial charge in [-0.25, -0.2) is 0 Å². The molecule has 17 heavy (non-hydrogen) atoms. The van der Waals surface area contributed by atoms with Gasteiger partial charge in [0.15, 0.2) is 0 Å². The summed E-state index contributed by atoms with van der Waals surface area (Å²) in [5.41, 5.74) is -5.43. The van der Waals surface area contributed by atoms with E-state index in [1.807, 2.05) is 0 Å². The Morgan fingerprint density at radius 2 is 1.82 bits per heavy atom. The summed E-state index contributed by atoms with van der Waals surface area (Å²) in [4.78, 5) is 10.5. The summed E-state index contributed by atoms with van der Waals surface area (Å²) in [7, 11) is 0. The van der Waals surface area contributed by atoms with Gasteiger partial charge < -0.3 is 5.11 Å². The summed E-state index contributed by atoms with van der Waals surface area (Å²) in [6.45, 7) is 0.631. The number of carbonyl (C=O) groups is 1. The van der Waals surface area contributed by atoms with Crippen LogP contribution in [0.15, 0.2) is 11.8 Å². The first-order chi connectivity index (χ1) is 7.39. The van der Waals surface area contributed by atoms with Crippen molar-refractivity contribution >= 4 is 5.91 Å². The van der Waals surface area contributed by atoms with Crippen LogP contribution < -0.4 is 0 Å². The van der Waals surface area contributed by atoms with Crippen LogP contribution >= 0.6 is 0 Å². The lowest BCUT2D eigenvalue weighted by molar-refractivity contribution is -0.297. The highest BCUT2D eigenvalue weighted by Gasteiger charge is 2.63. The SMILES string of the molecule is CC(=O)N1C=C(C(F)(F)F)CC1(O)C(F)(F)F. The molecule has 0 aromatic rings. The number of hydrogen-bond donors (Lipinski definition) is 1. The van der Waals surface area contributed by atoms with Crippen LogP contribution in [-0.4, -0.2) is 34.0 Å². The van der Waals surface area contributed by atoms with Gasteiger partial charge in [-0.05, 0) is 0 Å². The minimum atomic E-state index is -5.37. The minimum Gasteiger partial charge on any atom is -0.363 e. The Labute approximate surface area is 91.3 Å². The van der Waals surface area contributed by atoms with Crippen molar-refractivity contribution in [2.45, 2.75) is 31.4 Å². The smallest absolute Gasteiger partial charge is 0.363 e. The molecule has 0 bridgehead atoms. The Bertz CT molecular complexity index is 371. The zero-order valence-electron chi connectivity index (χ0n) is 8.35. The zero-order valence-corrected chi connectivity index (χ0v) is 8.35. The van der Waals surface area contributed by atoms with Crippen LogP contribution in [0.3, 0.4) is 0 Å². The predicted octanol–water partition coefficient (Wildman–Crippen LogP) is 1.94. The van der Waals surface area contributed by atoms with Gasteiger partial charge in [-0.15, -0.1) is 0 Å². The summed E-state index contributed by atoms with van der Waals surface area (Å²) in [6, 6.07) is 0. The van der Waals surface area contributed by atoms with E-state index >= 15 is 0 Å². The topological polar surface area (TPSA) is 40.5 Å². The average molecular weight is 263 g/mol. The van der Waals surface area contributed by atoms with Gasteiger partial charge in [-0.1, -0.05) is 0 Å². The number of nitrogens with zero attached hydrogens (tertiary/aromatic N) is 1. The van der Waals surface area contributed by atoms with E-state index in [9.17, 15) is 36.2 Å². The van der Waals surface area contributed by atoms with Crippen molar-refractivity contribution in [1.29, 1.82) is 0 Å². The second-order valence-corrected chi connectivity index (χ2v) is 3.53. The van der Waals surface area contributed by atoms with Crippen molar-refractivity contribution in [1.82, 2.24) is 4.90 Å². The van der Waals surface area contributed by atoms with Gasteiger partial charge in [0, 0.05) is 19.5 Å². The second kappa shape index (κ2) is 3.62. The first-order valence-corrected chi connectivity index (χ1v) is 4.26. The minimum absolute atomic E-state index is 0.0180. The first-order valence-electron chi connectivity index (χ1n) is 4.26. The highest BCUT2D eigenvalue weighted by molar-refractivity contribution is 5.76. The molecule has 1 heterocycles. The summed E-state index contributed by atoms with van der Waals surface area (Å²) in [5, 5.41) is 9.22. The van der Waals surface area contributed by atoms with Gasteiger partial charge in [0.05, 0.1) is 5.57 Å². The Morgan fingerprint density at radius 1 is 1.35 bits per heavy atom. The number of alkyl halides is 6. The van der Waals surface area contributed by atoms with Crippen LogP contribution in [0.5, 0.6) is 0 Å². The van der Waals surface area contributed by atoms with E-state index in [-0.39, 0.29) is 11.1 Å². The molecule has 1 amide bonds. The van der Waals surface area contributed by atoms with Crippen molar-refractivity contribution in [2.75, 3.05) is 0 Å². The fraction of sp³-hybridized carbons (Fsp3) is 0.625. The van der Waals surface area contributed by atoms with Crippen LogP contribution in [0.1, 0.15) is 13.3 Å². The lowest BCUT2D eigenvalue weighted by Crippen LogP contribution is -2.56. The number of hydrogen-bond acceptors (Lipinski definition) is 2. The maximum absolute atomic E-state index is 12.5.